The molecular weight excluding hydrogens is 608 g/mol. The first-order valence-electron chi connectivity index (χ1n) is 11.7. The van der Waals surface area contributed by atoms with Gasteiger partial charge in [0.25, 0.3) is 0 Å². The Hall–Kier alpha value is -5.38. The standard InChI is InChI=1S/C28H18O13S2/c29-25(30)19-11-9-15(13-21(19)27(33)34)17-5-1-3-7-23(17)42(37,38)41-43(39,40)24-8-4-2-6-18(24)16-10-12-20(26(31)32)22(14-16)28(35)36/h1-14H,(H,29,30)(H,31,32)(H,33,34)(H,35,36). The van der Waals surface area contributed by atoms with E-state index in [2.05, 4.69) is 0 Å². The molecular formula is C28H18O13S2. The van der Waals surface area contributed by atoms with Crippen LogP contribution >= 0.6 is 0 Å². The molecule has 43 heavy (non-hydrogen) atoms. The molecule has 0 fully saturated rings. The van der Waals surface area contributed by atoms with Crippen LogP contribution in [0.4, 0.5) is 0 Å². The molecule has 0 atom stereocenters. The van der Waals surface area contributed by atoms with E-state index in [0.29, 0.717) is 0 Å². The summed E-state index contributed by atoms with van der Waals surface area (Å²) in [7, 11) is -10.3. The van der Waals surface area contributed by atoms with Gasteiger partial charge < -0.3 is 20.4 Å². The van der Waals surface area contributed by atoms with E-state index >= 15 is 0 Å². The van der Waals surface area contributed by atoms with Crippen molar-refractivity contribution < 1.29 is 60.1 Å². The van der Waals surface area contributed by atoms with Gasteiger partial charge in [0.1, 0.15) is 9.79 Å². The molecule has 0 bridgehead atoms. The van der Waals surface area contributed by atoms with Gasteiger partial charge in [0, 0.05) is 11.1 Å². The highest BCUT2D eigenvalue weighted by molar-refractivity contribution is 8.00. The van der Waals surface area contributed by atoms with Crippen LogP contribution in [0.5, 0.6) is 0 Å². The normalized spacial score (nSPS) is 11.5. The fraction of sp³-hybridized carbons (Fsp3) is 0. The molecule has 0 heterocycles. The molecule has 4 aromatic rings. The quantitative estimate of drug-likeness (QED) is 0.196. The summed E-state index contributed by atoms with van der Waals surface area (Å²) in [6.07, 6.45) is 0. The second-order valence-corrected chi connectivity index (χ2v) is 12.0. The molecule has 0 unspecified atom stereocenters. The van der Waals surface area contributed by atoms with Gasteiger partial charge in [0.05, 0.1) is 22.3 Å². The highest BCUT2D eigenvalue weighted by Gasteiger charge is 2.31. The molecule has 15 heteroatoms. The lowest BCUT2D eigenvalue weighted by Crippen LogP contribution is -2.16. The maximum atomic E-state index is 13.4. The van der Waals surface area contributed by atoms with Gasteiger partial charge in [-0.25, -0.2) is 19.2 Å². The zero-order valence-corrected chi connectivity index (χ0v) is 23.0. The van der Waals surface area contributed by atoms with Crippen LogP contribution in [-0.2, 0) is 23.9 Å². The number of carbonyl (C=O) groups is 4. The summed E-state index contributed by atoms with van der Waals surface area (Å²) in [6.45, 7) is 0. The van der Waals surface area contributed by atoms with Gasteiger partial charge in [-0.2, -0.15) is 16.8 Å². The van der Waals surface area contributed by atoms with Crippen LogP contribution in [-0.4, -0.2) is 61.1 Å². The molecule has 0 aliphatic carbocycles. The Morgan fingerprint density at radius 1 is 0.465 bits per heavy atom. The fourth-order valence-electron chi connectivity index (χ4n) is 4.19. The first-order valence-corrected chi connectivity index (χ1v) is 14.6. The number of carboxylic acids is 4. The molecule has 0 radical (unpaired) electrons. The lowest BCUT2D eigenvalue weighted by atomic mass is 9.99. The Morgan fingerprint density at radius 3 is 1.12 bits per heavy atom. The number of hydrogen-bond donors (Lipinski definition) is 4. The molecule has 0 spiro atoms. The smallest absolute Gasteiger partial charge is 0.336 e. The van der Waals surface area contributed by atoms with Gasteiger partial charge in [-0.3, -0.25) is 0 Å². The van der Waals surface area contributed by atoms with Crippen molar-refractivity contribution in [1.82, 2.24) is 0 Å². The van der Waals surface area contributed by atoms with E-state index < -0.39 is 76.2 Å². The highest BCUT2D eigenvalue weighted by Crippen LogP contribution is 2.34. The number of benzene rings is 4. The fourth-order valence-corrected chi connectivity index (χ4v) is 7.12. The Morgan fingerprint density at radius 2 is 0.791 bits per heavy atom. The third-order valence-electron chi connectivity index (χ3n) is 6.07. The molecule has 0 amide bonds. The Balaban J connectivity index is 1.81. The van der Waals surface area contributed by atoms with E-state index in [0.717, 1.165) is 48.5 Å². The van der Waals surface area contributed by atoms with Gasteiger partial charge >= 0.3 is 44.1 Å². The Labute approximate surface area is 243 Å². The van der Waals surface area contributed by atoms with Crippen molar-refractivity contribution in [3.8, 4) is 22.3 Å². The summed E-state index contributed by atoms with van der Waals surface area (Å²) in [5, 5.41) is 37.5. The van der Waals surface area contributed by atoms with Gasteiger partial charge in [-0.1, -0.05) is 48.5 Å². The van der Waals surface area contributed by atoms with Gasteiger partial charge in [-0.05, 0) is 47.5 Å². The Kier molecular flexibility index (Phi) is 8.16. The van der Waals surface area contributed by atoms with E-state index in [-0.39, 0.29) is 22.3 Å². The summed E-state index contributed by atoms with van der Waals surface area (Å²) in [5.74, 6) is -6.27. The average molecular weight is 627 g/mol. The van der Waals surface area contributed by atoms with Crippen LogP contribution in [0.1, 0.15) is 41.4 Å². The van der Waals surface area contributed by atoms with Gasteiger partial charge in [-0.15, -0.1) is 3.63 Å². The van der Waals surface area contributed by atoms with Crippen molar-refractivity contribution in [1.29, 1.82) is 0 Å². The van der Waals surface area contributed by atoms with Crippen molar-refractivity contribution in [2.75, 3.05) is 0 Å². The van der Waals surface area contributed by atoms with Crippen LogP contribution in [0.3, 0.4) is 0 Å². The van der Waals surface area contributed by atoms with Gasteiger partial charge in [0.2, 0.25) is 0 Å². The molecule has 4 rings (SSSR count). The van der Waals surface area contributed by atoms with Crippen molar-refractivity contribution >= 4 is 44.1 Å². The van der Waals surface area contributed by atoms with Crippen LogP contribution in [0.2, 0.25) is 0 Å². The third-order valence-corrected chi connectivity index (χ3v) is 9.30. The molecule has 0 saturated heterocycles. The van der Waals surface area contributed by atoms with Crippen LogP contribution in [0.25, 0.3) is 22.3 Å². The molecule has 0 saturated carbocycles. The van der Waals surface area contributed by atoms with Gasteiger partial charge in [0.15, 0.2) is 0 Å². The number of aromatic carboxylic acids is 4. The molecule has 13 nitrogen and oxygen atoms in total. The predicted octanol–water partition coefficient (Wildman–Crippen LogP) is 3.91. The van der Waals surface area contributed by atoms with E-state index in [9.17, 15) is 56.4 Å². The van der Waals surface area contributed by atoms with E-state index in [4.69, 9.17) is 3.63 Å². The molecule has 4 N–H and O–H groups in total. The molecule has 0 aliphatic heterocycles. The maximum Gasteiger partial charge on any atom is 0.336 e. The molecule has 4 aromatic carbocycles. The minimum Gasteiger partial charge on any atom is -0.478 e. The van der Waals surface area contributed by atoms with E-state index in [1.54, 1.807) is 0 Å². The second kappa shape index (κ2) is 11.5. The highest BCUT2D eigenvalue weighted by atomic mass is 32.3. The summed E-state index contributed by atoms with van der Waals surface area (Å²) in [5.41, 5.74) is -2.93. The van der Waals surface area contributed by atoms with Crippen molar-refractivity contribution in [2.24, 2.45) is 0 Å². The number of rotatable bonds is 10. The van der Waals surface area contributed by atoms with Crippen LogP contribution in [0, 0.1) is 0 Å². The van der Waals surface area contributed by atoms with Crippen LogP contribution in [0.15, 0.2) is 94.7 Å². The van der Waals surface area contributed by atoms with Crippen LogP contribution < -0.4 is 0 Å². The topological polar surface area (TPSA) is 227 Å². The largest absolute Gasteiger partial charge is 0.478 e. The first kappa shape index (κ1) is 30.6. The minimum atomic E-state index is -5.17. The van der Waals surface area contributed by atoms with E-state index in [1.165, 1.54) is 36.4 Å². The van der Waals surface area contributed by atoms with Crippen molar-refractivity contribution in [2.45, 2.75) is 9.79 Å². The Bertz CT molecular complexity index is 1900. The number of carboxylic acid groups (broad SMARTS) is 4. The summed E-state index contributed by atoms with van der Waals surface area (Å²) in [4.78, 5) is 44.8. The zero-order chi connectivity index (χ0) is 31.7. The number of hydrogen-bond acceptors (Lipinski definition) is 9. The second-order valence-electron chi connectivity index (χ2n) is 8.71. The zero-order valence-electron chi connectivity index (χ0n) is 21.4. The lowest BCUT2D eigenvalue weighted by Gasteiger charge is -2.14. The first-order chi connectivity index (χ1) is 20.1. The molecule has 0 aliphatic rings. The summed E-state index contributed by atoms with van der Waals surface area (Å²) >= 11 is 0. The summed E-state index contributed by atoms with van der Waals surface area (Å²) in [6, 6.07) is 15.8. The monoisotopic (exact) mass is 626 g/mol. The lowest BCUT2D eigenvalue weighted by molar-refractivity contribution is 0.0651. The third kappa shape index (κ3) is 6.13. The average Bonchev–Trinajstić information content (AvgIpc) is 2.95. The maximum absolute atomic E-state index is 13.4. The summed E-state index contributed by atoms with van der Waals surface area (Å²) < 4.78 is 58.2. The molecule has 220 valence electrons. The SMILES string of the molecule is O=C(O)c1ccc(-c2ccccc2S(=O)(=O)OS(=O)(=O)c2ccccc2-c2ccc(C(=O)O)c(C(=O)O)c2)cc1C(=O)O. The molecule has 0 aromatic heterocycles. The van der Waals surface area contributed by atoms with Crippen molar-refractivity contribution in [3.05, 3.63) is 107 Å². The van der Waals surface area contributed by atoms with Crippen molar-refractivity contribution in [3.63, 3.8) is 0 Å². The van der Waals surface area contributed by atoms with E-state index in [1.807, 2.05) is 0 Å². The predicted molar refractivity (Wildman–Crippen MR) is 147 cm³/mol. The minimum absolute atomic E-state index is 0.0670.